The largest absolute Gasteiger partial charge is 0.384 e. The fourth-order valence-electron chi connectivity index (χ4n) is 3.39. The van der Waals surface area contributed by atoms with E-state index in [2.05, 4.69) is 0 Å². The van der Waals surface area contributed by atoms with Crippen LogP contribution >= 0.6 is 0 Å². The van der Waals surface area contributed by atoms with Gasteiger partial charge in [-0.3, -0.25) is 10.2 Å². The first-order chi connectivity index (χ1) is 11.6. The minimum Gasteiger partial charge on any atom is -0.384 e. The smallest absolute Gasteiger partial charge is 0.253 e. The second-order valence-electron chi connectivity index (χ2n) is 6.50. The number of carbonyl (C=O) groups is 1. The molecule has 1 heterocycles. The Morgan fingerprint density at radius 2 is 1.67 bits per heavy atom. The lowest BCUT2D eigenvalue weighted by atomic mass is 9.93. The first-order valence-corrected chi connectivity index (χ1v) is 8.46. The summed E-state index contributed by atoms with van der Waals surface area (Å²) in [4.78, 5) is 14.7. The van der Waals surface area contributed by atoms with Gasteiger partial charge in [-0.2, -0.15) is 0 Å². The van der Waals surface area contributed by atoms with Crippen LogP contribution in [0.3, 0.4) is 0 Å². The molecule has 0 unspecified atom stereocenters. The van der Waals surface area contributed by atoms with Crippen LogP contribution in [-0.4, -0.2) is 36.3 Å². The summed E-state index contributed by atoms with van der Waals surface area (Å²) in [5, 5.41) is 9.49. The van der Waals surface area contributed by atoms with Crippen molar-refractivity contribution in [2.45, 2.75) is 19.3 Å². The number of amides is 1. The molecule has 126 valence electrons. The topological polar surface area (TPSA) is 96.2 Å². The van der Waals surface area contributed by atoms with Gasteiger partial charge in [0, 0.05) is 24.2 Å². The molecule has 2 aromatic rings. The number of carbonyl (C=O) groups excluding carboxylic acids is 1. The van der Waals surface area contributed by atoms with Gasteiger partial charge in [-0.15, -0.1) is 0 Å². The molecule has 1 aliphatic rings. The number of fused-ring (bicyclic) bond motifs is 1. The van der Waals surface area contributed by atoms with E-state index in [-0.39, 0.29) is 11.7 Å². The molecule has 5 nitrogen and oxygen atoms in total. The Balaban J connectivity index is 1.76. The van der Waals surface area contributed by atoms with Crippen molar-refractivity contribution < 1.29 is 4.79 Å². The molecule has 1 saturated heterocycles. The minimum atomic E-state index is 0.0532. The van der Waals surface area contributed by atoms with E-state index in [4.69, 9.17) is 16.9 Å². The lowest BCUT2D eigenvalue weighted by Crippen LogP contribution is -2.38. The third-order valence-electron chi connectivity index (χ3n) is 4.87. The van der Waals surface area contributed by atoms with Crippen LogP contribution in [0.15, 0.2) is 36.4 Å². The van der Waals surface area contributed by atoms with Gasteiger partial charge < -0.3 is 16.4 Å². The Hall–Kier alpha value is -2.40. The summed E-state index contributed by atoms with van der Waals surface area (Å²) < 4.78 is 0. The predicted octanol–water partition coefficient (Wildman–Crippen LogP) is 2.32. The SMILES string of the molecule is N=C(N)c1ccc2cc(C(=O)N3CCC(CCN)CC3)ccc2c1. The summed E-state index contributed by atoms with van der Waals surface area (Å²) in [6.45, 7) is 2.35. The van der Waals surface area contributed by atoms with Gasteiger partial charge in [0.2, 0.25) is 0 Å². The van der Waals surface area contributed by atoms with Crippen LogP contribution < -0.4 is 11.5 Å². The lowest BCUT2D eigenvalue weighted by molar-refractivity contribution is 0.0688. The van der Waals surface area contributed by atoms with E-state index in [1.165, 1.54) is 0 Å². The molecule has 0 saturated carbocycles. The van der Waals surface area contributed by atoms with Crippen molar-refractivity contribution in [2.75, 3.05) is 19.6 Å². The molecule has 0 radical (unpaired) electrons. The summed E-state index contributed by atoms with van der Waals surface area (Å²) in [5.74, 6) is 0.803. The third kappa shape index (κ3) is 3.41. The summed E-state index contributed by atoms with van der Waals surface area (Å²) in [6.07, 6.45) is 3.13. The van der Waals surface area contributed by atoms with Crippen molar-refractivity contribution in [2.24, 2.45) is 17.4 Å². The van der Waals surface area contributed by atoms with Crippen molar-refractivity contribution in [3.05, 3.63) is 47.5 Å². The molecule has 2 aromatic carbocycles. The Kier molecular flexibility index (Phi) is 4.81. The van der Waals surface area contributed by atoms with Gasteiger partial charge in [0.05, 0.1) is 0 Å². The molecule has 5 heteroatoms. The highest BCUT2D eigenvalue weighted by atomic mass is 16.2. The normalized spacial score (nSPS) is 15.6. The molecular formula is C19H24N4O. The van der Waals surface area contributed by atoms with Crippen LogP contribution in [0.1, 0.15) is 35.2 Å². The lowest BCUT2D eigenvalue weighted by Gasteiger charge is -2.32. The van der Waals surface area contributed by atoms with Gasteiger partial charge in [-0.1, -0.05) is 18.2 Å². The van der Waals surface area contributed by atoms with Crippen LogP contribution in [0.2, 0.25) is 0 Å². The van der Waals surface area contributed by atoms with E-state index in [9.17, 15) is 4.79 Å². The first kappa shape index (κ1) is 16.5. The molecule has 0 spiro atoms. The predicted molar refractivity (Wildman–Crippen MR) is 97.3 cm³/mol. The molecule has 0 atom stereocenters. The number of hydrogen-bond acceptors (Lipinski definition) is 3. The van der Waals surface area contributed by atoms with E-state index < -0.39 is 0 Å². The summed E-state index contributed by atoms with van der Waals surface area (Å²) in [6, 6.07) is 11.3. The van der Waals surface area contributed by atoms with Crippen LogP contribution in [0.4, 0.5) is 0 Å². The summed E-state index contributed by atoms with van der Waals surface area (Å²) in [7, 11) is 0. The number of nitrogens with one attached hydrogen (secondary N) is 1. The van der Waals surface area contributed by atoms with Crippen molar-refractivity contribution in [1.82, 2.24) is 4.90 Å². The van der Waals surface area contributed by atoms with E-state index in [1.807, 2.05) is 41.3 Å². The number of nitrogen functional groups attached to an aromatic ring is 1. The van der Waals surface area contributed by atoms with Crippen LogP contribution in [-0.2, 0) is 0 Å². The molecule has 3 rings (SSSR count). The number of hydrogen-bond donors (Lipinski definition) is 3. The van der Waals surface area contributed by atoms with Crippen molar-refractivity contribution >= 4 is 22.5 Å². The zero-order chi connectivity index (χ0) is 17.1. The molecular weight excluding hydrogens is 300 g/mol. The summed E-state index contributed by atoms with van der Waals surface area (Å²) in [5.41, 5.74) is 12.6. The number of amidine groups is 1. The number of piperidine rings is 1. The highest BCUT2D eigenvalue weighted by Gasteiger charge is 2.23. The molecule has 5 N–H and O–H groups in total. The Morgan fingerprint density at radius 1 is 1.08 bits per heavy atom. The number of nitrogens with zero attached hydrogens (tertiary/aromatic N) is 1. The van der Waals surface area contributed by atoms with Gasteiger partial charge in [-0.25, -0.2) is 0 Å². The van der Waals surface area contributed by atoms with Crippen molar-refractivity contribution in [3.63, 3.8) is 0 Å². The number of rotatable bonds is 4. The third-order valence-corrected chi connectivity index (χ3v) is 4.87. The first-order valence-electron chi connectivity index (χ1n) is 8.46. The fraction of sp³-hybridized carbons (Fsp3) is 0.368. The quantitative estimate of drug-likeness (QED) is 0.595. The average molecular weight is 324 g/mol. The molecule has 24 heavy (non-hydrogen) atoms. The van der Waals surface area contributed by atoms with Crippen molar-refractivity contribution in [1.29, 1.82) is 5.41 Å². The van der Waals surface area contributed by atoms with Gasteiger partial charge in [0.1, 0.15) is 5.84 Å². The van der Waals surface area contributed by atoms with Gasteiger partial charge >= 0.3 is 0 Å². The van der Waals surface area contributed by atoms with Crippen LogP contribution in [0, 0.1) is 11.3 Å². The minimum absolute atomic E-state index is 0.0532. The maximum Gasteiger partial charge on any atom is 0.253 e. The molecule has 0 aromatic heterocycles. The maximum absolute atomic E-state index is 12.7. The van der Waals surface area contributed by atoms with Crippen LogP contribution in [0.5, 0.6) is 0 Å². The molecule has 1 aliphatic heterocycles. The van der Waals surface area contributed by atoms with Gasteiger partial charge in [-0.05, 0) is 60.7 Å². The van der Waals surface area contributed by atoms with Crippen molar-refractivity contribution in [3.8, 4) is 0 Å². The zero-order valence-electron chi connectivity index (χ0n) is 13.8. The molecule has 1 fully saturated rings. The van der Waals surface area contributed by atoms with Gasteiger partial charge in [0.15, 0.2) is 0 Å². The van der Waals surface area contributed by atoms with Crippen LogP contribution in [0.25, 0.3) is 10.8 Å². The average Bonchev–Trinajstić information content (AvgIpc) is 2.61. The number of nitrogens with two attached hydrogens (primary N) is 2. The Bertz CT molecular complexity index is 763. The Morgan fingerprint density at radius 3 is 2.25 bits per heavy atom. The molecule has 0 aliphatic carbocycles. The standard InChI is InChI=1S/C19H24N4O/c20-8-5-13-6-9-23(10-7-13)19(24)17-4-2-14-11-16(18(21)22)3-1-15(14)12-17/h1-4,11-13H,5-10,20H2,(H3,21,22). The number of benzene rings is 2. The summed E-state index contributed by atoms with van der Waals surface area (Å²) >= 11 is 0. The van der Waals surface area contributed by atoms with E-state index >= 15 is 0 Å². The second kappa shape index (κ2) is 7.01. The highest BCUT2D eigenvalue weighted by Crippen LogP contribution is 2.23. The highest BCUT2D eigenvalue weighted by molar-refractivity contribution is 6.02. The van der Waals surface area contributed by atoms with E-state index in [0.717, 1.165) is 55.2 Å². The zero-order valence-corrected chi connectivity index (χ0v) is 13.8. The number of likely N-dealkylation sites (tertiary alicyclic amines) is 1. The molecule has 1 amide bonds. The van der Waals surface area contributed by atoms with Gasteiger partial charge in [0.25, 0.3) is 5.91 Å². The molecule has 0 bridgehead atoms. The Labute approximate surface area is 142 Å². The fourth-order valence-corrected chi connectivity index (χ4v) is 3.39. The van der Waals surface area contributed by atoms with E-state index in [1.54, 1.807) is 0 Å². The second-order valence-corrected chi connectivity index (χ2v) is 6.50. The monoisotopic (exact) mass is 324 g/mol. The van der Waals surface area contributed by atoms with E-state index in [0.29, 0.717) is 11.5 Å². The maximum atomic E-state index is 12.7.